The molecule has 0 saturated carbocycles. The first-order valence-corrected chi connectivity index (χ1v) is 4.42. The van der Waals surface area contributed by atoms with Crippen molar-refractivity contribution >= 4 is 0 Å². The molecule has 0 aliphatic rings. The zero-order valence-electron chi connectivity index (χ0n) is 8.02. The Morgan fingerprint density at radius 1 is 1.50 bits per heavy atom. The summed E-state index contributed by atoms with van der Waals surface area (Å²) in [5.41, 5.74) is 3.76. The smallest absolute Gasteiger partial charge is 0.0515 e. The Labute approximate surface area is 73.6 Å². The zero-order valence-corrected chi connectivity index (χ0v) is 8.02. The second-order valence-electron chi connectivity index (χ2n) is 3.49. The van der Waals surface area contributed by atoms with Gasteiger partial charge in [0.25, 0.3) is 0 Å². The van der Waals surface area contributed by atoms with Crippen molar-refractivity contribution in [1.82, 2.24) is 4.98 Å². The predicted molar refractivity (Wildman–Crippen MR) is 50.3 cm³/mol. The van der Waals surface area contributed by atoms with Gasteiger partial charge in [0.15, 0.2) is 0 Å². The van der Waals surface area contributed by atoms with E-state index in [0.29, 0.717) is 0 Å². The van der Waals surface area contributed by atoms with Crippen molar-refractivity contribution in [3.8, 4) is 0 Å². The molecule has 0 saturated heterocycles. The highest BCUT2D eigenvalue weighted by Gasteiger charge is 2.03. The molecule has 1 rings (SSSR count). The lowest BCUT2D eigenvalue weighted by Crippen LogP contribution is -2.01. The fourth-order valence-corrected chi connectivity index (χ4v) is 1.41. The predicted octanol–water partition coefficient (Wildman–Crippen LogP) is 1.94. The van der Waals surface area contributed by atoms with Gasteiger partial charge in [0.2, 0.25) is 0 Å². The molecule has 0 aliphatic carbocycles. The van der Waals surface area contributed by atoms with Crippen molar-refractivity contribution in [2.45, 2.75) is 39.7 Å². The Hall–Kier alpha value is -0.760. The fourth-order valence-electron chi connectivity index (χ4n) is 1.41. The van der Waals surface area contributed by atoms with E-state index >= 15 is 0 Å². The Morgan fingerprint density at radius 2 is 2.17 bits per heavy atom. The summed E-state index contributed by atoms with van der Waals surface area (Å²) >= 11 is 0. The molecule has 0 amide bonds. The number of aliphatic hydroxyl groups excluding tert-OH is 1. The van der Waals surface area contributed by atoms with Gasteiger partial charge in [-0.15, -0.1) is 0 Å². The lowest BCUT2D eigenvalue weighted by molar-refractivity contribution is 0.185. The molecule has 1 atom stereocenters. The maximum atomic E-state index is 9.10. The van der Waals surface area contributed by atoms with E-state index in [0.717, 1.165) is 12.8 Å². The SMILES string of the molecule is Cc1cc(CC[C@@H](C)O)c(C)[nH]1. The van der Waals surface area contributed by atoms with Crippen LogP contribution in [0.1, 0.15) is 30.3 Å². The molecule has 2 heteroatoms. The van der Waals surface area contributed by atoms with Gasteiger partial charge in [-0.3, -0.25) is 0 Å². The summed E-state index contributed by atoms with van der Waals surface area (Å²) in [7, 11) is 0. The summed E-state index contributed by atoms with van der Waals surface area (Å²) in [5, 5.41) is 9.10. The van der Waals surface area contributed by atoms with Crippen molar-refractivity contribution in [1.29, 1.82) is 0 Å². The molecule has 68 valence electrons. The van der Waals surface area contributed by atoms with Crippen molar-refractivity contribution in [3.63, 3.8) is 0 Å². The number of H-pyrrole nitrogens is 1. The number of aliphatic hydroxyl groups is 1. The Bertz CT molecular complexity index is 250. The average molecular weight is 167 g/mol. The van der Waals surface area contributed by atoms with Crippen LogP contribution in [0.2, 0.25) is 0 Å². The lowest BCUT2D eigenvalue weighted by atomic mass is 10.1. The lowest BCUT2D eigenvalue weighted by Gasteiger charge is -2.02. The summed E-state index contributed by atoms with van der Waals surface area (Å²) < 4.78 is 0. The summed E-state index contributed by atoms with van der Waals surface area (Å²) in [5.74, 6) is 0. The van der Waals surface area contributed by atoms with Gasteiger partial charge >= 0.3 is 0 Å². The van der Waals surface area contributed by atoms with Crippen LogP contribution in [0.15, 0.2) is 6.07 Å². The summed E-state index contributed by atoms with van der Waals surface area (Å²) in [4.78, 5) is 3.25. The molecule has 0 unspecified atom stereocenters. The molecule has 0 fully saturated rings. The van der Waals surface area contributed by atoms with Gasteiger partial charge in [-0.25, -0.2) is 0 Å². The molecule has 2 nitrogen and oxygen atoms in total. The van der Waals surface area contributed by atoms with E-state index in [1.165, 1.54) is 17.0 Å². The molecule has 12 heavy (non-hydrogen) atoms. The fraction of sp³-hybridized carbons (Fsp3) is 0.600. The van der Waals surface area contributed by atoms with Crippen molar-refractivity contribution in [3.05, 3.63) is 23.0 Å². The highest BCUT2D eigenvalue weighted by molar-refractivity contribution is 5.24. The molecule has 0 radical (unpaired) electrons. The number of rotatable bonds is 3. The number of hydrogen-bond acceptors (Lipinski definition) is 1. The summed E-state index contributed by atoms with van der Waals surface area (Å²) in [6.07, 6.45) is 1.62. The summed E-state index contributed by atoms with van der Waals surface area (Å²) in [6, 6.07) is 2.15. The Kier molecular flexibility index (Phi) is 2.93. The van der Waals surface area contributed by atoms with Gasteiger partial charge < -0.3 is 10.1 Å². The van der Waals surface area contributed by atoms with Crippen LogP contribution in [-0.2, 0) is 6.42 Å². The quantitative estimate of drug-likeness (QED) is 0.709. The minimum Gasteiger partial charge on any atom is -0.393 e. The monoisotopic (exact) mass is 167 g/mol. The van der Waals surface area contributed by atoms with E-state index in [9.17, 15) is 0 Å². The first kappa shape index (κ1) is 9.33. The number of aromatic nitrogens is 1. The molecule has 2 N–H and O–H groups in total. The van der Waals surface area contributed by atoms with Crippen molar-refractivity contribution in [2.24, 2.45) is 0 Å². The van der Waals surface area contributed by atoms with Gasteiger partial charge in [-0.05, 0) is 45.2 Å². The van der Waals surface area contributed by atoms with E-state index in [2.05, 4.69) is 24.9 Å². The van der Waals surface area contributed by atoms with Crippen LogP contribution < -0.4 is 0 Å². The van der Waals surface area contributed by atoms with Gasteiger partial charge in [-0.1, -0.05) is 0 Å². The van der Waals surface area contributed by atoms with Crippen LogP contribution in [0.5, 0.6) is 0 Å². The van der Waals surface area contributed by atoms with E-state index < -0.39 is 0 Å². The molecule has 1 aromatic heterocycles. The molecule has 0 bridgehead atoms. The topological polar surface area (TPSA) is 36.0 Å². The van der Waals surface area contributed by atoms with Crippen molar-refractivity contribution < 1.29 is 5.11 Å². The normalized spacial score (nSPS) is 13.3. The molecule has 1 aromatic rings. The third kappa shape index (κ3) is 2.38. The maximum Gasteiger partial charge on any atom is 0.0515 e. The van der Waals surface area contributed by atoms with Crippen LogP contribution in [-0.4, -0.2) is 16.2 Å². The third-order valence-corrected chi connectivity index (χ3v) is 2.09. The number of nitrogens with one attached hydrogen (secondary N) is 1. The van der Waals surface area contributed by atoms with Crippen LogP contribution in [0, 0.1) is 13.8 Å². The second-order valence-corrected chi connectivity index (χ2v) is 3.49. The Balaban J connectivity index is 2.57. The molecule has 1 heterocycles. The van der Waals surface area contributed by atoms with E-state index in [-0.39, 0.29) is 6.10 Å². The van der Waals surface area contributed by atoms with Gasteiger partial charge in [-0.2, -0.15) is 0 Å². The van der Waals surface area contributed by atoms with E-state index in [1.54, 1.807) is 0 Å². The van der Waals surface area contributed by atoms with Gasteiger partial charge in [0, 0.05) is 11.4 Å². The van der Waals surface area contributed by atoms with Crippen LogP contribution in [0.4, 0.5) is 0 Å². The number of hydrogen-bond donors (Lipinski definition) is 2. The molecular formula is C10H17NO. The third-order valence-electron chi connectivity index (χ3n) is 2.09. The molecule has 0 aromatic carbocycles. The van der Waals surface area contributed by atoms with Crippen molar-refractivity contribution in [2.75, 3.05) is 0 Å². The average Bonchev–Trinajstić information content (AvgIpc) is 2.26. The first-order valence-electron chi connectivity index (χ1n) is 4.42. The van der Waals surface area contributed by atoms with Gasteiger partial charge in [0.05, 0.1) is 6.10 Å². The van der Waals surface area contributed by atoms with E-state index in [4.69, 9.17) is 5.11 Å². The molecular weight excluding hydrogens is 150 g/mol. The van der Waals surface area contributed by atoms with Crippen LogP contribution in [0.3, 0.4) is 0 Å². The largest absolute Gasteiger partial charge is 0.393 e. The van der Waals surface area contributed by atoms with E-state index in [1.807, 2.05) is 6.92 Å². The standard InChI is InChI=1S/C10H17NO/c1-7-6-10(9(3)11-7)5-4-8(2)12/h6,8,11-12H,4-5H2,1-3H3/t8-/m1/s1. The first-order chi connectivity index (χ1) is 5.59. The Morgan fingerprint density at radius 3 is 2.58 bits per heavy atom. The zero-order chi connectivity index (χ0) is 9.14. The number of aromatic amines is 1. The minimum atomic E-state index is -0.195. The number of aryl methyl sites for hydroxylation is 3. The molecule has 0 aliphatic heterocycles. The van der Waals surface area contributed by atoms with Crippen LogP contribution >= 0.6 is 0 Å². The highest BCUT2D eigenvalue weighted by Crippen LogP contribution is 2.12. The highest BCUT2D eigenvalue weighted by atomic mass is 16.3. The maximum absolute atomic E-state index is 9.10. The summed E-state index contributed by atoms with van der Waals surface area (Å²) in [6.45, 7) is 5.96. The second kappa shape index (κ2) is 3.76. The van der Waals surface area contributed by atoms with Crippen LogP contribution in [0.25, 0.3) is 0 Å². The molecule has 0 spiro atoms. The van der Waals surface area contributed by atoms with Gasteiger partial charge in [0.1, 0.15) is 0 Å². The minimum absolute atomic E-state index is 0.195.